The lowest BCUT2D eigenvalue weighted by Gasteiger charge is -2.27. The van der Waals surface area contributed by atoms with E-state index in [-0.39, 0.29) is 35.2 Å². The molecule has 54 heavy (non-hydrogen) atoms. The molecule has 3 aromatic rings. The van der Waals surface area contributed by atoms with Gasteiger partial charge in [0.15, 0.2) is 5.71 Å². The van der Waals surface area contributed by atoms with Crippen LogP contribution in [0.2, 0.25) is 0 Å². The maximum Gasteiger partial charge on any atom is 0.265 e. The summed E-state index contributed by atoms with van der Waals surface area (Å²) < 4.78 is 67.6. The van der Waals surface area contributed by atoms with Gasteiger partial charge in [0, 0.05) is 63.0 Å². The Morgan fingerprint density at radius 2 is 1.44 bits per heavy atom. The van der Waals surface area contributed by atoms with Crippen molar-refractivity contribution < 1.29 is 30.5 Å². The monoisotopic (exact) mass is 788 g/mol. The molecule has 0 spiro atoms. The van der Waals surface area contributed by atoms with Gasteiger partial charge >= 0.3 is 0 Å². The molecule has 6 rings (SSSR count). The van der Waals surface area contributed by atoms with Crippen molar-refractivity contribution in [2.45, 2.75) is 75.5 Å². The van der Waals surface area contributed by atoms with E-state index in [4.69, 9.17) is 5.73 Å². The van der Waals surface area contributed by atoms with Gasteiger partial charge in [-0.25, -0.2) is 0 Å². The molecule has 0 unspecified atom stereocenters. The molecule has 9 nitrogen and oxygen atoms in total. The topological polar surface area (TPSA) is 141 Å². The Hall–Kier alpha value is -3.94. The molecular formula is C42H50N3O6S3+. The first kappa shape index (κ1) is 39.7. The minimum Gasteiger partial charge on any atom is -0.399 e. The van der Waals surface area contributed by atoms with E-state index in [9.17, 15) is 25.9 Å². The number of hydrogen-bond acceptors (Lipinski definition) is 7. The van der Waals surface area contributed by atoms with E-state index in [0.717, 1.165) is 51.8 Å². The highest BCUT2D eigenvalue weighted by molar-refractivity contribution is 8.03. The van der Waals surface area contributed by atoms with Crippen molar-refractivity contribution in [3.05, 3.63) is 130 Å². The lowest BCUT2D eigenvalue weighted by atomic mass is 9.81. The van der Waals surface area contributed by atoms with Gasteiger partial charge in [0.05, 0.1) is 16.9 Å². The molecule has 0 fully saturated rings. The molecule has 286 valence electrons. The molecule has 0 bridgehead atoms. The largest absolute Gasteiger partial charge is 0.399 e. The summed E-state index contributed by atoms with van der Waals surface area (Å²) in [6, 6.07) is 24.3. The maximum atomic E-state index is 11.6. The van der Waals surface area contributed by atoms with Crippen LogP contribution in [0.4, 0.5) is 17.1 Å². The fourth-order valence-electron chi connectivity index (χ4n) is 7.94. The van der Waals surface area contributed by atoms with Crippen LogP contribution in [0.5, 0.6) is 0 Å². The van der Waals surface area contributed by atoms with Crippen LogP contribution in [0.15, 0.2) is 124 Å². The standard InChI is InChI=1S/C42H49N3O6S3/c1-41(2)34-14-5-7-16-36(34)44(26-10-28-53(46,47)48)38(41)24-18-30-12-9-13-31(40(30)52-33-22-20-32(43)21-23-33)19-25-39-42(3,4)35-15-6-8-17-37(35)45(39)27-11-29-54(49,50)51/h5-8,14-25H,9-13,26-29,43H2,1-4H3,(H-,46,47,48,49,50,51)/p+1. The van der Waals surface area contributed by atoms with Crippen LogP contribution in [0.25, 0.3) is 0 Å². The quantitative estimate of drug-likeness (QED) is 0.0883. The number of nitrogen functional groups attached to an aromatic ring is 1. The van der Waals surface area contributed by atoms with Crippen molar-refractivity contribution in [3.63, 3.8) is 0 Å². The van der Waals surface area contributed by atoms with Crippen molar-refractivity contribution in [2.24, 2.45) is 0 Å². The summed E-state index contributed by atoms with van der Waals surface area (Å²) in [5.74, 6) is -0.611. The number of rotatable bonds is 13. The van der Waals surface area contributed by atoms with Crippen LogP contribution in [0.1, 0.15) is 70.9 Å². The zero-order valence-corrected chi connectivity index (χ0v) is 33.8. The Labute approximate surface area is 324 Å². The first-order valence-corrected chi connectivity index (χ1v) is 22.4. The summed E-state index contributed by atoms with van der Waals surface area (Å²) in [6.07, 6.45) is 12.1. The number of para-hydroxylation sites is 2. The molecule has 0 amide bonds. The molecule has 4 N–H and O–H groups in total. The maximum absolute atomic E-state index is 11.6. The van der Waals surface area contributed by atoms with E-state index in [1.54, 1.807) is 11.8 Å². The summed E-state index contributed by atoms with van der Waals surface area (Å²) in [7, 11) is -8.17. The third-order valence-electron chi connectivity index (χ3n) is 10.6. The van der Waals surface area contributed by atoms with Crippen LogP contribution in [-0.4, -0.2) is 60.8 Å². The first-order valence-electron chi connectivity index (χ1n) is 18.3. The van der Waals surface area contributed by atoms with E-state index in [0.29, 0.717) is 18.8 Å². The van der Waals surface area contributed by atoms with Gasteiger partial charge in [-0.05, 0) is 92.6 Å². The highest BCUT2D eigenvalue weighted by Crippen LogP contribution is 2.49. The number of benzene rings is 3. The van der Waals surface area contributed by atoms with Gasteiger partial charge in [-0.3, -0.25) is 9.11 Å². The number of anilines is 2. The lowest BCUT2D eigenvalue weighted by Crippen LogP contribution is -2.28. The van der Waals surface area contributed by atoms with Crippen LogP contribution in [-0.2, 0) is 31.1 Å². The van der Waals surface area contributed by atoms with Crippen LogP contribution >= 0.6 is 11.8 Å². The van der Waals surface area contributed by atoms with Gasteiger partial charge in [0.25, 0.3) is 20.2 Å². The van der Waals surface area contributed by atoms with Crippen molar-refractivity contribution in [1.29, 1.82) is 0 Å². The summed E-state index contributed by atoms with van der Waals surface area (Å²) in [5.41, 5.74) is 15.0. The van der Waals surface area contributed by atoms with Gasteiger partial charge in [-0.15, -0.1) is 0 Å². The minimum absolute atomic E-state index is 0.288. The molecule has 2 aliphatic heterocycles. The minimum atomic E-state index is -4.08. The average Bonchev–Trinajstić information content (AvgIpc) is 3.45. The molecule has 12 heteroatoms. The number of nitrogens with zero attached hydrogens (tertiary/aromatic N) is 2. The van der Waals surface area contributed by atoms with Gasteiger partial charge in [-0.1, -0.05) is 74.2 Å². The van der Waals surface area contributed by atoms with Crippen molar-refractivity contribution >= 4 is 54.8 Å². The van der Waals surface area contributed by atoms with Gasteiger partial charge in [0.1, 0.15) is 6.54 Å². The second kappa shape index (κ2) is 15.7. The number of nitrogens with two attached hydrogens (primary N) is 1. The van der Waals surface area contributed by atoms with Gasteiger partial charge < -0.3 is 10.6 Å². The number of hydrogen-bond donors (Lipinski definition) is 3. The van der Waals surface area contributed by atoms with E-state index < -0.39 is 20.2 Å². The van der Waals surface area contributed by atoms with E-state index in [1.165, 1.54) is 22.3 Å². The number of allylic oxidation sites excluding steroid dienone is 7. The third kappa shape index (κ3) is 8.79. The second-order valence-electron chi connectivity index (χ2n) is 15.2. The van der Waals surface area contributed by atoms with Crippen molar-refractivity contribution in [2.75, 3.05) is 35.2 Å². The zero-order valence-electron chi connectivity index (χ0n) is 31.3. The Morgan fingerprint density at radius 3 is 2.15 bits per heavy atom. The normalized spacial score (nSPS) is 19.7. The molecule has 2 heterocycles. The Kier molecular flexibility index (Phi) is 11.5. The van der Waals surface area contributed by atoms with Gasteiger partial charge in [0.2, 0.25) is 5.69 Å². The molecule has 0 saturated carbocycles. The average molecular weight is 789 g/mol. The molecular weight excluding hydrogens is 739 g/mol. The van der Waals surface area contributed by atoms with Crippen molar-refractivity contribution in [3.8, 4) is 0 Å². The van der Waals surface area contributed by atoms with E-state index >= 15 is 0 Å². The zero-order chi connectivity index (χ0) is 38.9. The summed E-state index contributed by atoms with van der Waals surface area (Å²) in [5, 5.41) is 0. The first-order chi connectivity index (χ1) is 25.5. The highest BCUT2D eigenvalue weighted by atomic mass is 32.2. The van der Waals surface area contributed by atoms with E-state index in [2.05, 4.69) is 85.7 Å². The summed E-state index contributed by atoms with van der Waals surface area (Å²) >= 11 is 1.71. The molecule has 0 radical (unpaired) electrons. The molecule has 0 aromatic heterocycles. The second-order valence-corrected chi connectivity index (χ2v) is 19.4. The molecule has 0 atom stereocenters. The summed E-state index contributed by atoms with van der Waals surface area (Å²) in [6.45, 7) is 9.65. The third-order valence-corrected chi connectivity index (χ3v) is 13.5. The fourth-order valence-corrected chi connectivity index (χ4v) is 10.0. The summed E-state index contributed by atoms with van der Waals surface area (Å²) in [4.78, 5) is 4.42. The smallest absolute Gasteiger partial charge is 0.265 e. The molecule has 3 aliphatic rings. The van der Waals surface area contributed by atoms with Crippen LogP contribution < -0.4 is 10.6 Å². The molecule has 0 saturated heterocycles. The predicted molar refractivity (Wildman–Crippen MR) is 221 cm³/mol. The van der Waals surface area contributed by atoms with Crippen molar-refractivity contribution in [1.82, 2.24) is 0 Å². The number of thioether (sulfide) groups is 1. The Morgan fingerprint density at radius 1 is 0.796 bits per heavy atom. The Bertz CT molecular complexity index is 2300. The lowest BCUT2D eigenvalue weighted by molar-refractivity contribution is -0.437. The fraction of sp³-hybridized carbons (Fsp3) is 0.357. The Balaban J connectivity index is 1.43. The molecule has 3 aromatic carbocycles. The van der Waals surface area contributed by atoms with Crippen LogP contribution in [0.3, 0.4) is 0 Å². The predicted octanol–water partition coefficient (Wildman–Crippen LogP) is 8.60. The van der Waals surface area contributed by atoms with Gasteiger partial charge in [-0.2, -0.15) is 21.4 Å². The van der Waals surface area contributed by atoms with E-state index in [1.807, 2.05) is 48.5 Å². The molecule has 1 aliphatic carbocycles. The highest BCUT2D eigenvalue weighted by Gasteiger charge is 2.44. The SMILES string of the molecule is CC1(C)C(=C/C=C2\CCCC(C=CC3=[N+](CCCS(=O)(=O)O)c4ccccc4C3(C)C)=C2Sc2ccc(N)cc2)N(CCCS(=O)(=O)O)c2ccccc21. The number of fused-ring (bicyclic) bond motifs is 2. The van der Waals surface area contributed by atoms with Crippen LogP contribution in [0, 0.1) is 0 Å².